The highest BCUT2D eigenvalue weighted by molar-refractivity contribution is 5.91. The van der Waals surface area contributed by atoms with E-state index in [9.17, 15) is 4.79 Å². The van der Waals surface area contributed by atoms with Gasteiger partial charge in [0.25, 0.3) is 0 Å². The second kappa shape index (κ2) is 4.65. The molecule has 1 heteroatoms. The lowest BCUT2D eigenvalue weighted by atomic mass is 9.92. The summed E-state index contributed by atoms with van der Waals surface area (Å²) in [7, 11) is 0. The summed E-state index contributed by atoms with van der Waals surface area (Å²) in [5, 5.41) is 0. The summed E-state index contributed by atoms with van der Waals surface area (Å²) in [5.41, 5.74) is 5.28. The van der Waals surface area contributed by atoms with E-state index in [1.54, 1.807) is 0 Å². The van der Waals surface area contributed by atoms with E-state index < -0.39 is 0 Å². The first kappa shape index (κ1) is 11.1. The van der Waals surface area contributed by atoms with Gasteiger partial charge in [-0.2, -0.15) is 0 Å². The normalized spacial score (nSPS) is 16.1. The number of aryl methyl sites for hydroxylation is 2. The number of hydrogen-bond acceptors (Lipinski definition) is 1. The van der Waals surface area contributed by atoms with Crippen LogP contribution in [-0.4, -0.2) is 5.78 Å². The van der Waals surface area contributed by atoms with Crippen LogP contribution in [0.15, 0.2) is 29.8 Å². The Labute approximate surface area is 97.2 Å². The van der Waals surface area contributed by atoms with Crippen molar-refractivity contribution in [1.29, 1.82) is 0 Å². The number of hydrogen-bond donors (Lipinski definition) is 0. The topological polar surface area (TPSA) is 17.1 Å². The SMILES string of the molecule is Cc1ccc(CC2=CC(=O)CCC2)cc1C. The summed E-state index contributed by atoms with van der Waals surface area (Å²) in [6.45, 7) is 4.27. The molecular formula is C15H18O. The molecule has 0 aromatic heterocycles. The molecule has 0 radical (unpaired) electrons. The highest BCUT2D eigenvalue weighted by Gasteiger charge is 2.10. The Balaban J connectivity index is 2.14. The maximum absolute atomic E-state index is 11.3. The van der Waals surface area contributed by atoms with Gasteiger partial charge in [-0.25, -0.2) is 0 Å². The standard InChI is InChI=1S/C15H18O/c1-11-6-7-14(8-12(11)2)9-13-4-3-5-15(16)10-13/h6-8,10H,3-5,9H2,1-2H3. The van der Waals surface area contributed by atoms with E-state index in [2.05, 4.69) is 32.0 Å². The predicted molar refractivity (Wildman–Crippen MR) is 66.6 cm³/mol. The van der Waals surface area contributed by atoms with E-state index in [1.165, 1.54) is 22.3 Å². The van der Waals surface area contributed by atoms with E-state index in [4.69, 9.17) is 0 Å². The number of rotatable bonds is 2. The van der Waals surface area contributed by atoms with Gasteiger partial charge in [-0.3, -0.25) is 4.79 Å². The molecule has 1 nitrogen and oxygen atoms in total. The largest absolute Gasteiger partial charge is 0.295 e. The van der Waals surface area contributed by atoms with Crippen LogP contribution in [0.2, 0.25) is 0 Å². The third kappa shape index (κ3) is 2.60. The molecule has 16 heavy (non-hydrogen) atoms. The smallest absolute Gasteiger partial charge is 0.155 e. The fraction of sp³-hybridized carbons (Fsp3) is 0.400. The molecule has 0 saturated heterocycles. The van der Waals surface area contributed by atoms with Gasteiger partial charge >= 0.3 is 0 Å². The molecule has 84 valence electrons. The molecule has 0 aliphatic heterocycles. The van der Waals surface area contributed by atoms with Crippen LogP contribution < -0.4 is 0 Å². The van der Waals surface area contributed by atoms with Gasteiger partial charge in [0.05, 0.1) is 0 Å². The molecule has 0 N–H and O–H groups in total. The highest BCUT2D eigenvalue weighted by Crippen LogP contribution is 2.20. The van der Waals surface area contributed by atoms with Crippen LogP contribution in [0, 0.1) is 13.8 Å². The van der Waals surface area contributed by atoms with Crippen molar-refractivity contribution in [3.63, 3.8) is 0 Å². The fourth-order valence-corrected chi connectivity index (χ4v) is 2.18. The van der Waals surface area contributed by atoms with E-state index in [-0.39, 0.29) is 0 Å². The predicted octanol–water partition coefficient (Wildman–Crippen LogP) is 3.53. The summed E-state index contributed by atoms with van der Waals surface area (Å²) < 4.78 is 0. The molecule has 0 unspecified atom stereocenters. The summed E-state index contributed by atoms with van der Waals surface area (Å²) in [6.07, 6.45) is 5.62. The van der Waals surface area contributed by atoms with Gasteiger partial charge in [0, 0.05) is 6.42 Å². The molecule has 1 aromatic carbocycles. The minimum absolute atomic E-state index is 0.296. The van der Waals surface area contributed by atoms with Crippen molar-refractivity contribution in [1.82, 2.24) is 0 Å². The van der Waals surface area contributed by atoms with E-state index >= 15 is 0 Å². The monoisotopic (exact) mass is 214 g/mol. The summed E-state index contributed by atoms with van der Waals surface area (Å²) in [5.74, 6) is 0.296. The lowest BCUT2D eigenvalue weighted by molar-refractivity contribution is -0.115. The van der Waals surface area contributed by atoms with Crippen LogP contribution in [0.4, 0.5) is 0 Å². The van der Waals surface area contributed by atoms with Gasteiger partial charge in [-0.1, -0.05) is 23.8 Å². The first-order chi connectivity index (χ1) is 7.65. The molecule has 0 amide bonds. The molecular weight excluding hydrogens is 196 g/mol. The number of benzene rings is 1. The summed E-state index contributed by atoms with van der Waals surface area (Å²) in [4.78, 5) is 11.3. The third-order valence-electron chi connectivity index (χ3n) is 3.29. The maximum Gasteiger partial charge on any atom is 0.155 e. The zero-order valence-corrected chi connectivity index (χ0v) is 10.0. The Hall–Kier alpha value is -1.37. The van der Waals surface area contributed by atoms with Crippen LogP contribution in [0.1, 0.15) is 36.0 Å². The van der Waals surface area contributed by atoms with Gasteiger partial charge in [0.1, 0.15) is 0 Å². The minimum Gasteiger partial charge on any atom is -0.295 e. The Morgan fingerprint density at radius 1 is 1.12 bits per heavy atom. The Morgan fingerprint density at radius 2 is 1.94 bits per heavy atom. The molecule has 0 fully saturated rings. The van der Waals surface area contributed by atoms with E-state index in [0.717, 1.165) is 25.7 Å². The molecule has 0 bridgehead atoms. The van der Waals surface area contributed by atoms with Gasteiger partial charge in [0.2, 0.25) is 0 Å². The molecule has 0 atom stereocenters. The maximum atomic E-state index is 11.3. The van der Waals surface area contributed by atoms with Crippen LogP contribution in [0.5, 0.6) is 0 Å². The van der Waals surface area contributed by atoms with Crippen LogP contribution in [-0.2, 0) is 11.2 Å². The van der Waals surface area contributed by atoms with Gasteiger partial charge in [-0.05, 0) is 55.9 Å². The third-order valence-corrected chi connectivity index (χ3v) is 3.29. The van der Waals surface area contributed by atoms with Crippen LogP contribution >= 0.6 is 0 Å². The minimum atomic E-state index is 0.296. The average molecular weight is 214 g/mol. The van der Waals surface area contributed by atoms with Crippen molar-refractivity contribution in [2.45, 2.75) is 39.5 Å². The van der Waals surface area contributed by atoms with Crippen molar-refractivity contribution < 1.29 is 4.79 Å². The van der Waals surface area contributed by atoms with E-state index in [0.29, 0.717) is 5.78 Å². The van der Waals surface area contributed by atoms with Crippen LogP contribution in [0.3, 0.4) is 0 Å². The van der Waals surface area contributed by atoms with Crippen LogP contribution in [0.25, 0.3) is 0 Å². The summed E-state index contributed by atoms with van der Waals surface area (Å²) in [6, 6.07) is 6.56. The summed E-state index contributed by atoms with van der Waals surface area (Å²) >= 11 is 0. The molecule has 1 aliphatic rings. The van der Waals surface area contributed by atoms with Crippen molar-refractivity contribution in [3.05, 3.63) is 46.5 Å². The lowest BCUT2D eigenvalue weighted by Gasteiger charge is -2.12. The Morgan fingerprint density at radius 3 is 2.62 bits per heavy atom. The Bertz CT molecular complexity index is 441. The first-order valence-corrected chi connectivity index (χ1v) is 5.93. The number of carbonyl (C=O) groups is 1. The zero-order chi connectivity index (χ0) is 11.5. The quantitative estimate of drug-likeness (QED) is 0.736. The van der Waals surface area contributed by atoms with Gasteiger partial charge < -0.3 is 0 Å². The number of allylic oxidation sites excluding steroid dienone is 2. The average Bonchev–Trinajstić information content (AvgIpc) is 2.24. The van der Waals surface area contributed by atoms with Gasteiger partial charge in [-0.15, -0.1) is 0 Å². The van der Waals surface area contributed by atoms with Crippen molar-refractivity contribution in [3.8, 4) is 0 Å². The first-order valence-electron chi connectivity index (χ1n) is 5.93. The van der Waals surface area contributed by atoms with Crippen molar-refractivity contribution >= 4 is 5.78 Å². The highest BCUT2D eigenvalue weighted by atomic mass is 16.1. The number of ketones is 1. The second-order valence-corrected chi connectivity index (χ2v) is 4.72. The van der Waals surface area contributed by atoms with E-state index in [1.807, 2.05) is 6.08 Å². The molecule has 1 aliphatic carbocycles. The Kier molecular flexibility index (Phi) is 3.23. The van der Waals surface area contributed by atoms with Crippen molar-refractivity contribution in [2.75, 3.05) is 0 Å². The molecule has 1 aromatic rings. The molecule has 0 spiro atoms. The zero-order valence-electron chi connectivity index (χ0n) is 10.0. The fourth-order valence-electron chi connectivity index (χ4n) is 2.18. The van der Waals surface area contributed by atoms with Gasteiger partial charge in [0.15, 0.2) is 5.78 Å². The lowest BCUT2D eigenvalue weighted by Crippen LogP contribution is -2.04. The molecule has 2 rings (SSSR count). The molecule has 0 heterocycles. The van der Waals surface area contributed by atoms with Crippen molar-refractivity contribution in [2.24, 2.45) is 0 Å². The number of carbonyl (C=O) groups excluding carboxylic acids is 1. The molecule has 0 saturated carbocycles. The second-order valence-electron chi connectivity index (χ2n) is 4.72.